The van der Waals surface area contributed by atoms with Gasteiger partial charge in [0.15, 0.2) is 11.5 Å². The van der Waals surface area contributed by atoms with Gasteiger partial charge in [-0.15, -0.1) is 0 Å². The van der Waals surface area contributed by atoms with E-state index >= 15 is 0 Å². The Morgan fingerprint density at radius 1 is 1.03 bits per heavy atom. The molecule has 0 saturated carbocycles. The van der Waals surface area contributed by atoms with Gasteiger partial charge in [-0.3, -0.25) is 14.5 Å². The molecular formula is C25H16Cl2FNO5S. The molecule has 2 amide bonds. The van der Waals surface area contributed by atoms with Crippen LogP contribution < -0.4 is 9.47 Å². The number of nitrogens with zero attached hydrogens (tertiary/aromatic N) is 1. The number of esters is 1. The highest BCUT2D eigenvalue weighted by atomic mass is 35.5. The molecule has 1 fully saturated rings. The molecule has 3 aromatic carbocycles. The predicted molar refractivity (Wildman–Crippen MR) is 132 cm³/mol. The number of carbonyl (C=O) groups excluding carboxylic acids is 3. The number of amides is 2. The molecule has 0 radical (unpaired) electrons. The fourth-order valence-corrected chi connectivity index (χ4v) is 4.54. The largest absolute Gasteiger partial charge is 0.493 e. The van der Waals surface area contributed by atoms with Crippen molar-refractivity contribution in [1.82, 2.24) is 4.90 Å². The Labute approximate surface area is 214 Å². The van der Waals surface area contributed by atoms with Crippen LogP contribution in [-0.2, 0) is 11.3 Å². The van der Waals surface area contributed by atoms with Crippen molar-refractivity contribution >= 4 is 58.2 Å². The van der Waals surface area contributed by atoms with E-state index in [0.717, 1.165) is 16.7 Å². The second kappa shape index (κ2) is 10.5. The number of carbonyl (C=O) groups is 3. The van der Waals surface area contributed by atoms with E-state index in [1.807, 2.05) is 0 Å². The molecule has 178 valence electrons. The molecule has 1 heterocycles. The van der Waals surface area contributed by atoms with Crippen molar-refractivity contribution < 1.29 is 28.2 Å². The molecular weight excluding hydrogens is 516 g/mol. The van der Waals surface area contributed by atoms with Crippen molar-refractivity contribution in [3.05, 3.63) is 98.1 Å². The lowest BCUT2D eigenvalue weighted by Crippen LogP contribution is -2.28. The average Bonchev–Trinajstić information content (AvgIpc) is 3.09. The van der Waals surface area contributed by atoms with Crippen LogP contribution >= 0.6 is 35.0 Å². The van der Waals surface area contributed by atoms with Gasteiger partial charge in [0.1, 0.15) is 5.82 Å². The van der Waals surface area contributed by atoms with E-state index < -0.39 is 22.9 Å². The van der Waals surface area contributed by atoms with Gasteiger partial charge in [0.05, 0.1) is 29.1 Å². The van der Waals surface area contributed by atoms with Gasteiger partial charge >= 0.3 is 5.97 Å². The van der Waals surface area contributed by atoms with Crippen LogP contribution in [0.2, 0.25) is 10.0 Å². The van der Waals surface area contributed by atoms with Crippen LogP contribution in [0.15, 0.2) is 65.6 Å². The molecule has 0 atom stereocenters. The van der Waals surface area contributed by atoms with E-state index in [1.165, 1.54) is 43.5 Å². The standard InChI is InChI=1S/C25H16Cl2FNO5S/c1-33-21-11-14(9-10-20(21)34-24(31)15-5-2-3-6-17(15)26)12-22-23(30)29(25(32)35-22)13-16-18(27)7-4-8-19(16)28/h2-12H,13H2,1H3/b22-12-. The number of hydrogen-bond acceptors (Lipinski definition) is 6. The number of rotatable bonds is 6. The molecule has 0 aromatic heterocycles. The fraction of sp³-hybridized carbons (Fsp3) is 0.0800. The molecule has 0 N–H and O–H groups in total. The third kappa shape index (κ3) is 5.35. The summed E-state index contributed by atoms with van der Waals surface area (Å²) in [5.41, 5.74) is 0.779. The molecule has 0 aliphatic carbocycles. The summed E-state index contributed by atoms with van der Waals surface area (Å²) in [6.07, 6.45) is 1.50. The van der Waals surface area contributed by atoms with Crippen LogP contribution in [0.3, 0.4) is 0 Å². The van der Waals surface area contributed by atoms with E-state index in [-0.39, 0.29) is 44.1 Å². The summed E-state index contributed by atoms with van der Waals surface area (Å²) in [6, 6.07) is 15.3. The lowest BCUT2D eigenvalue weighted by molar-refractivity contribution is -0.123. The second-order valence-electron chi connectivity index (χ2n) is 7.25. The summed E-state index contributed by atoms with van der Waals surface area (Å²) in [7, 11) is 1.40. The van der Waals surface area contributed by atoms with Crippen LogP contribution in [0, 0.1) is 5.82 Å². The van der Waals surface area contributed by atoms with Gasteiger partial charge < -0.3 is 9.47 Å². The minimum Gasteiger partial charge on any atom is -0.493 e. The van der Waals surface area contributed by atoms with Gasteiger partial charge in [-0.25, -0.2) is 9.18 Å². The summed E-state index contributed by atoms with van der Waals surface area (Å²) in [5, 5.41) is -0.169. The van der Waals surface area contributed by atoms with Gasteiger partial charge in [0, 0.05) is 10.6 Å². The summed E-state index contributed by atoms with van der Waals surface area (Å²) in [4.78, 5) is 38.8. The van der Waals surface area contributed by atoms with Gasteiger partial charge in [-0.2, -0.15) is 0 Å². The molecule has 4 rings (SSSR count). The van der Waals surface area contributed by atoms with E-state index in [2.05, 4.69) is 0 Å². The smallest absolute Gasteiger partial charge is 0.345 e. The Kier molecular flexibility index (Phi) is 7.45. The topological polar surface area (TPSA) is 72.9 Å². The summed E-state index contributed by atoms with van der Waals surface area (Å²) >= 11 is 12.8. The maximum Gasteiger partial charge on any atom is 0.345 e. The van der Waals surface area contributed by atoms with Crippen LogP contribution in [-0.4, -0.2) is 29.1 Å². The number of methoxy groups -OCH3 is 1. The molecule has 1 aliphatic heterocycles. The third-order valence-electron chi connectivity index (χ3n) is 5.03. The highest BCUT2D eigenvalue weighted by Crippen LogP contribution is 2.36. The van der Waals surface area contributed by atoms with Crippen LogP contribution in [0.4, 0.5) is 9.18 Å². The molecule has 0 bridgehead atoms. The molecule has 1 aliphatic rings. The maximum atomic E-state index is 14.1. The summed E-state index contributed by atoms with van der Waals surface area (Å²) in [6.45, 7) is -0.284. The molecule has 6 nitrogen and oxygen atoms in total. The Hall–Kier alpha value is -3.33. The van der Waals surface area contributed by atoms with Gasteiger partial charge in [0.25, 0.3) is 11.1 Å². The first kappa shape index (κ1) is 24.8. The van der Waals surface area contributed by atoms with Crippen LogP contribution in [0.5, 0.6) is 11.5 Å². The normalized spacial score (nSPS) is 14.5. The Balaban J connectivity index is 1.54. The highest BCUT2D eigenvalue weighted by molar-refractivity contribution is 8.18. The first-order chi connectivity index (χ1) is 16.8. The quantitative estimate of drug-likeness (QED) is 0.203. The van der Waals surface area contributed by atoms with Gasteiger partial charge in [0.2, 0.25) is 0 Å². The average molecular weight is 532 g/mol. The molecule has 3 aromatic rings. The zero-order valence-corrected chi connectivity index (χ0v) is 20.4. The molecule has 0 unspecified atom stereocenters. The van der Waals surface area contributed by atoms with Crippen molar-refractivity contribution in [3.8, 4) is 11.5 Å². The first-order valence-corrected chi connectivity index (χ1v) is 11.7. The monoisotopic (exact) mass is 531 g/mol. The van der Waals surface area contributed by atoms with Crippen molar-refractivity contribution in [2.45, 2.75) is 6.54 Å². The minimum atomic E-state index is -0.658. The number of halogens is 3. The number of hydrogen-bond donors (Lipinski definition) is 0. The van der Waals surface area contributed by atoms with E-state index in [1.54, 1.807) is 30.3 Å². The predicted octanol–water partition coefficient (Wildman–Crippen LogP) is 6.60. The van der Waals surface area contributed by atoms with Crippen molar-refractivity contribution in [2.24, 2.45) is 0 Å². The van der Waals surface area contributed by atoms with Crippen molar-refractivity contribution in [3.63, 3.8) is 0 Å². The molecule has 35 heavy (non-hydrogen) atoms. The molecule has 10 heteroatoms. The Morgan fingerprint density at radius 2 is 1.77 bits per heavy atom. The summed E-state index contributed by atoms with van der Waals surface area (Å²) in [5.74, 6) is -1.46. The first-order valence-electron chi connectivity index (χ1n) is 10.1. The number of thioether (sulfide) groups is 1. The fourth-order valence-electron chi connectivity index (χ4n) is 3.27. The van der Waals surface area contributed by atoms with Gasteiger partial charge in [-0.1, -0.05) is 47.5 Å². The number of imide groups is 1. The lowest BCUT2D eigenvalue weighted by atomic mass is 10.1. The number of ether oxygens (including phenoxy) is 2. The van der Waals surface area contributed by atoms with Crippen LogP contribution in [0.25, 0.3) is 6.08 Å². The Morgan fingerprint density at radius 3 is 2.49 bits per heavy atom. The maximum absolute atomic E-state index is 14.1. The minimum absolute atomic E-state index is 0.0593. The Bertz CT molecular complexity index is 1360. The van der Waals surface area contributed by atoms with Gasteiger partial charge in [-0.05, 0) is 59.8 Å². The van der Waals surface area contributed by atoms with Crippen molar-refractivity contribution in [2.75, 3.05) is 7.11 Å². The lowest BCUT2D eigenvalue weighted by Gasteiger charge is -2.14. The van der Waals surface area contributed by atoms with E-state index in [0.29, 0.717) is 5.56 Å². The summed E-state index contributed by atoms with van der Waals surface area (Å²) < 4.78 is 24.9. The SMILES string of the molecule is COc1cc(/C=C2\SC(=O)N(Cc3c(F)cccc3Cl)C2=O)ccc1OC(=O)c1ccccc1Cl. The van der Waals surface area contributed by atoms with Crippen molar-refractivity contribution in [1.29, 1.82) is 0 Å². The molecule has 1 saturated heterocycles. The zero-order valence-electron chi connectivity index (χ0n) is 18.1. The number of benzene rings is 3. The van der Waals surface area contributed by atoms with E-state index in [9.17, 15) is 18.8 Å². The molecule has 0 spiro atoms. The van der Waals surface area contributed by atoms with Crippen LogP contribution in [0.1, 0.15) is 21.5 Å². The third-order valence-corrected chi connectivity index (χ3v) is 6.62. The van der Waals surface area contributed by atoms with E-state index in [4.69, 9.17) is 32.7 Å². The highest BCUT2D eigenvalue weighted by Gasteiger charge is 2.36. The zero-order chi connectivity index (χ0) is 25.1. The second-order valence-corrected chi connectivity index (χ2v) is 9.06.